The monoisotopic (exact) mass is 465 g/mol. The normalized spacial score (nSPS) is 12.0. The van der Waals surface area contributed by atoms with E-state index in [0.717, 1.165) is 0 Å². The molecular weight excluding hydrogens is 440 g/mol. The van der Waals surface area contributed by atoms with Crippen LogP contribution in [0.3, 0.4) is 0 Å². The Labute approximate surface area is 197 Å². The van der Waals surface area contributed by atoms with Crippen molar-refractivity contribution in [3.63, 3.8) is 0 Å². The zero-order valence-electron chi connectivity index (χ0n) is 19.1. The van der Waals surface area contributed by atoms with Gasteiger partial charge in [0, 0.05) is 5.56 Å². The number of nitriles is 1. The van der Waals surface area contributed by atoms with Gasteiger partial charge in [0.05, 0.1) is 12.3 Å². The van der Waals surface area contributed by atoms with Crippen molar-refractivity contribution in [3.8, 4) is 23.3 Å². The Morgan fingerprint density at radius 1 is 1.00 bits per heavy atom. The molecular formula is C27H25F2NO4. The largest absolute Gasteiger partial charge is 0.457 e. The van der Waals surface area contributed by atoms with Crippen LogP contribution in [0.2, 0.25) is 0 Å². The summed E-state index contributed by atoms with van der Waals surface area (Å²) in [6, 6.07) is 22.4. The van der Waals surface area contributed by atoms with Gasteiger partial charge in [0.1, 0.15) is 23.3 Å². The summed E-state index contributed by atoms with van der Waals surface area (Å²) in [5.74, 6) is -0.424. The first-order valence-electron chi connectivity index (χ1n) is 10.8. The van der Waals surface area contributed by atoms with Crippen molar-refractivity contribution in [3.05, 3.63) is 89.5 Å². The molecule has 0 saturated heterocycles. The molecule has 7 heteroatoms. The summed E-state index contributed by atoms with van der Waals surface area (Å²) >= 11 is 0. The molecule has 34 heavy (non-hydrogen) atoms. The lowest BCUT2D eigenvalue weighted by atomic mass is 10.1. The van der Waals surface area contributed by atoms with E-state index in [-0.39, 0.29) is 12.2 Å². The van der Waals surface area contributed by atoms with Crippen LogP contribution in [0.15, 0.2) is 72.8 Å². The van der Waals surface area contributed by atoms with E-state index in [1.54, 1.807) is 49.4 Å². The van der Waals surface area contributed by atoms with Gasteiger partial charge in [-0.15, -0.1) is 0 Å². The molecule has 1 unspecified atom stereocenters. The number of ether oxygens (including phenoxy) is 3. The number of hydrogen-bond acceptors (Lipinski definition) is 5. The zero-order valence-corrected chi connectivity index (χ0v) is 19.1. The molecule has 0 aliphatic carbocycles. The molecule has 3 aromatic rings. The molecule has 176 valence electrons. The highest BCUT2D eigenvalue weighted by atomic mass is 19.3. The first kappa shape index (κ1) is 24.7. The number of esters is 1. The van der Waals surface area contributed by atoms with Gasteiger partial charge in [0.15, 0.2) is 0 Å². The van der Waals surface area contributed by atoms with Gasteiger partial charge in [-0.05, 0) is 48.4 Å². The number of hydrogen-bond donors (Lipinski definition) is 0. The molecule has 0 spiro atoms. The van der Waals surface area contributed by atoms with Gasteiger partial charge in [-0.2, -0.15) is 14.0 Å². The van der Waals surface area contributed by atoms with Crippen LogP contribution in [-0.2, 0) is 16.0 Å². The van der Waals surface area contributed by atoms with Crippen molar-refractivity contribution in [2.24, 2.45) is 5.92 Å². The van der Waals surface area contributed by atoms with E-state index >= 15 is 0 Å². The van der Waals surface area contributed by atoms with Crippen molar-refractivity contribution in [2.45, 2.75) is 39.4 Å². The average molecular weight is 465 g/mol. The first-order chi connectivity index (χ1) is 16.2. The number of rotatable bonds is 9. The maximum atomic E-state index is 13.9. The number of nitrogens with zero attached hydrogens (tertiary/aromatic N) is 1. The summed E-state index contributed by atoms with van der Waals surface area (Å²) in [4.78, 5) is 12.5. The van der Waals surface area contributed by atoms with E-state index in [1.165, 1.54) is 26.0 Å². The second-order valence-electron chi connectivity index (χ2n) is 8.08. The third-order valence-corrected chi connectivity index (χ3v) is 5.01. The van der Waals surface area contributed by atoms with Crippen LogP contribution in [0.25, 0.3) is 0 Å². The Hall–Kier alpha value is -3.92. The molecule has 0 fully saturated rings. The molecule has 0 aliphatic heterocycles. The van der Waals surface area contributed by atoms with Crippen LogP contribution in [-0.4, -0.2) is 12.1 Å². The number of carbonyl (C=O) groups is 1. The predicted octanol–water partition coefficient (Wildman–Crippen LogP) is 6.77. The van der Waals surface area contributed by atoms with Gasteiger partial charge in [0.2, 0.25) is 6.10 Å². The maximum absolute atomic E-state index is 13.9. The number of aryl methyl sites for hydroxylation is 1. The van der Waals surface area contributed by atoms with Crippen LogP contribution >= 0.6 is 0 Å². The van der Waals surface area contributed by atoms with E-state index in [9.17, 15) is 18.8 Å². The molecule has 1 atom stereocenters. The Morgan fingerprint density at radius 2 is 1.71 bits per heavy atom. The minimum atomic E-state index is -3.30. The van der Waals surface area contributed by atoms with Crippen molar-refractivity contribution in [1.82, 2.24) is 0 Å². The smallest absolute Gasteiger partial charge is 0.400 e. The fourth-order valence-corrected chi connectivity index (χ4v) is 3.07. The van der Waals surface area contributed by atoms with E-state index in [4.69, 9.17) is 14.2 Å². The molecule has 0 aromatic heterocycles. The van der Waals surface area contributed by atoms with Gasteiger partial charge >= 0.3 is 12.1 Å². The summed E-state index contributed by atoms with van der Waals surface area (Å²) < 4.78 is 43.7. The van der Waals surface area contributed by atoms with Gasteiger partial charge < -0.3 is 14.2 Å². The number of para-hydroxylation sites is 1. The lowest BCUT2D eigenvalue weighted by molar-refractivity contribution is -0.207. The summed E-state index contributed by atoms with van der Waals surface area (Å²) in [7, 11) is 0. The third kappa shape index (κ3) is 6.55. The van der Waals surface area contributed by atoms with Crippen molar-refractivity contribution in [2.75, 3.05) is 0 Å². The van der Waals surface area contributed by atoms with Crippen molar-refractivity contribution < 1.29 is 27.8 Å². The second-order valence-corrected chi connectivity index (χ2v) is 8.08. The molecule has 0 saturated carbocycles. The topological polar surface area (TPSA) is 68.6 Å². The number of alkyl halides is 2. The van der Waals surface area contributed by atoms with Crippen LogP contribution in [0.4, 0.5) is 8.78 Å². The van der Waals surface area contributed by atoms with E-state index in [2.05, 4.69) is 0 Å². The molecule has 0 aliphatic rings. The molecule has 3 rings (SSSR count). The molecule has 0 heterocycles. The van der Waals surface area contributed by atoms with Crippen molar-refractivity contribution in [1.29, 1.82) is 5.26 Å². The number of benzene rings is 3. The summed E-state index contributed by atoms with van der Waals surface area (Å²) in [6.45, 7) is 4.36. The van der Waals surface area contributed by atoms with Crippen molar-refractivity contribution >= 4 is 5.97 Å². The third-order valence-electron chi connectivity index (χ3n) is 5.01. The standard InChI is InChI=1S/C27H25F2NO4/c1-18(2)27(28,29)34-24-13-12-20(14-19(24)3)15-26(31)33-25(17-30)21-8-7-11-23(16-21)32-22-9-5-4-6-10-22/h4-14,16,18,25H,15H2,1-3H3. The quantitative estimate of drug-likeness (QED) is 0.326. The van der Waals surface area contributed by atoms with Crippen LogP contribution < -0.4 is 9.47 Å². The number of halogens is 2. The fourth-order valence-electron chi connectivity index (χ4n) is 3.07. The Kier molecular flexibility index (Phi) is 7.85. The van der Waals surface area contributed by atoms with E-state index < -0.39 is 24.1 Å². The lowest BCUT2D eigenvalue weighted by Crippen LogP contribution is -2.31. The number of carbonyl (C=O) groups excluding carboxylic acids is 1. The summed E-state index contributed by atoms with van der Waals surface area (Å²) in [5.41, 5.74) is 1.49. The minimum Gasteiger partial charge on any atom is -0.457 e. The van der Waals surface area contributed by atoms with Gasteiger partial charge in [-0.1, -0.05) is 56.3 Å². The highest BCUT2D eigenvalue weighted by molar-refractivity contribution is 5.73. The summed E-state index contributed by atoms with van der Waals surface area (Å²) in [5, 5.41) is 9.55. The molecule has 0 N–H and O–H groups in total. The van der Waals surface area contributed by atoms with E-state index in [1.807, 2.05) is 24.3 Å². The summed E-state index contributed by atoms with van der Waals surface area (Å²) in [6.07, 6.45) is -4.55. The first-order valence-corrected chi connectivity index (χ1v) is 10.8. The zero-order chi connectivity index (χ0) is 24.7. The lowest BCUT2D eigenvalue weighted by Gasteiger charge is -2.22. The van der Waals surface area contributed by atoms with Crippen LogP contribution in [0, 0.1) is 24.2 Å². The molecule has 0 amide bonds. The highest BCUT2D eigenvalue weighted by Crippen LogP contribution is 2.31. The van der Waals surface area contributed by atoms with Gasteiger partial charge in [-0.3, -0.25) is 4.79 Å². The van der Waals surface area contributed by atoms with E-state index in [0.29, 0.717) is 28.2 Å². The fraction of sp³-hybridized carbons (Fsp3) is 0.259. The Bertz CT molecular complexity index is 1170. The van der Waals surface area contributed by atoms with Crippen LogP contribution in [0.1, 0.15) is 36.6 Å². The Morgan fingerprint density at radius 3 is 2.35 bits per heavy atom. The SMILES string of the molecule is Cc1cc(CC(=O)OC(C#N)c2cccc(Oc3ccccc3)c2)ccc1OC(F)(F)C(C)C. The second kappa shape index (κ2) is 10.8. The maximum Gasteiger partial charge on any atom is 0.400 e. The van der Waals surface area contributed by atoms with Crippen LogP contribution in [0.5, 0.6) is 17.2 Å². The molecule has 0 radical (unpaired) electrons. The van der Waals surface area contributed by atoms with Gasteiger partial charge in [0.25, 0.3) is 0 Å². The molecule has 5 nitrogen and oxygen atoms in total. The predicted molar refractivity (Wildman–Crippen MR) is 123 cm³/mol. The Balaban J connectivity index is 1.65. The van der Waals surface area contributed by atoms with Gasteiger partial charge in [-0.25, -0.2) is 0 Å². The molecule has 3 aromatic carbocycles. The molecule has 0 bridgehead atoms. The highest BCUT2D eigenvalue weighted by Gasteiger charge is 2.36. The minimum absolute atomic E-state index is 0.0425. The average Bonchev–Trinajstić information content (AvgIpc) is 2.80.